The molecule has 0 aromatic rings. The van der Waals surface area contributed by atoms with E-state index in [1.54, 1.807) is 0 Å². The molecular formula is C57H104O6. The Labute approximate surface area is 391 Å². The molecule has 0 radical (unpaired) electrons. The summed E-state index contributed by atoms with van der Waals surface area (Å²) < 4.78 is 16.8. The topological polar surface area (TPSA) is 78.9 Å². The van der Waals surface area contributed by atoms with Crippen LogP contribution in [-0.4, -0.2) is 37.2 Å². The van der Waals surface area contributed by atoms with E-state index in [0.29, 0.717) is 19.3 Å². The zero-order valence-electron chi connectivity index (χ0n) is 42.1. The number of carbonyl (C=O) groups is 3. The zero-order chi connectivity index (χ0) is 45.8. The van der Waals surface area contributed by atoms with E-state index in [9.17, 15) is 14.4 Å². The Morgan fingerprint density at radius 1 is 0.302 bits per heavy atom. The van der Waals surface area contributed by atoms with E-state index in [1.807, 2.05) is 0 Å². The van der Waals surface area contributed by atoms with Crippen LogP contribution in [0.5, 0.6) is 0 Å². The van der Waals surface area contributed by atoms with Gasteiger partial charge in [-0.3, -0.25) is 14.4 Å². The van der Waals surface area contributed by atoms with Gasteiger partial charge in [0, 0.05) is 19.3 Å². The van der Waals surface area contributed by atoms with Crippen molar-refractivity contribution in [1.82, 2.24) is 0 Å². The van der Waals surface area contributed by atoms with Gasteiger partial charge in [0.25, 0.3) is 0 Å². The van der Waals surface area contributed by atoms with Crippen molar-refractivity contribution in [3.05, 3.63) is 36.5 Å². The molecule has 0 aliphatic carbocycles. The molecule has 0 N–H and O–H groups in total. The molecule has 368 valence electrons. The van der Waals surface area contributed by atoms with Crippen LogP contribution < -0.4 is 0 Å². The fourth-order valence-corrected chi connectivity index (χ4v) is 7.90. The molecule has 6 nitrogen and oxygen atoms in total. The fraction of sp³-hybridized carbons (Fsp3) is 0.842. The second-order valence-corrected chi connectivity index (χ2v) is 18.5. The molecule has 0 aromatic heterocycles. The van der Waals surface area contributed by atoms with E-state index >= 15 is 0 Å². The van der Waals surface area contributed by atoms with Gasteiger partial charge in [-0.05, 0) is 96.3 Å². The summed E-state index contributed by atoms with van der Waals surface area (Å²) in [4.78, 5) is 38.0. The Bertz CT molecular complexity index is 1010. The molecule has 0 spiro atoms. The minimum Gasteiger partial charge on any atom is -0.462 e. The Hall–Kier alpha value is -2.37. The molecule has 0 atom stereocenters. The van der Waals surface area contributed by atoms with Crippen LogP contribution in [0.4, 0.5) is 0 Å². The summed E-state index contributed by atoms with van der Waals surface area (Å²) >= 11 is 0. The van der Waals surface area contributed by atoms with Crippen molar-refractivity contribution in [2.45, 2.75) is 297 Å². The predicted molar refractivity (Wildman–Crippen MR) is 270 cm³/mol. The summed E-state index contributed by atoms with van der Waals surface area (Å²) in [6, 6.07) is 0. The summed E-state index contributed by atoms with van der Waals surface area (Å²) in [5, 5.41) is 0. The Balaban J connectivity index is 4.42. The minimum absolute atomic E-state index is 0.0907. The van der Waals surface area contributed by atoms with E-state index in [-0.39, 0.29) is 31.1 Å². The van der Waals surface area contributed by atoms with Crippen LogP contribution >= 0.6 is 0 Å². The Morgan fingerprint density at radius 2 is 0.524 bits per heavy atom. The average Bonchev–Trinajstić information content (AvgIpc) is 3.28. The monoisotopic (exact) mass is 885 g/mol. The smallest absolute Gasteiger partial charge is 0.306 e. The molecule has 0 bridgehead atoms. The van der Waals surface area contributed by atoms with Gasteiger partial charge < -0.3 is 14.2 Å². The summed E-state index contributed by atoms with van der Waals surface area (Å²) in [5.74, 6) is -0.929. The maximum absolute atomic E-state index is 12.8. The quantitative estimate of drug-likeness (QED) is 0.0262. The van der Waals surface area contributed by atoms with Crippen molar-refractivity contribution in [3.8, 4) is 0 Å². The van der Waals surface area contributed by atoms with Crippen molar-refractivity contribution >= 4 is 17.9 Å². The van der Waals surface area contributed by atoms with E-state index in [4.69, 9.17) is 14.2 Å². The molecule has 0 saturated carbocycles. The maximum atomic E-state index is 12.8. The number of hydrogen-bond donors (Lipinski definition) is 0. The number of unbranched alkanes of at least 4 members (excludes halogenated alkanes) is 33. The van der Waals surface area contributed by atoms with Crippen molar-refractivity contribution in [2.24, 2.45) is 0 Å². The summed E-state index contributed by atoms with van der Waals surface area (Å²) in [7, 11) is 0. The first-order valence-electron chi connectivity index (χ1n) is 27.5. The van der Waals surface area contributed by atoms with Gasteiger partial charge >= 0.3 is 17.9 Å². The molecule has 0 heterocycles. The van der Waals surface area contributed by atoms with E-state index in [2.05, 4.69) is 57.2 Å². The van der Waals surface area contributed by atoms with Gasteiger partial charge in [0.2, 0.25) is 0 Å². The van der Waals surface area contributed by atoms with Gasteiger partial charge in [-0.1, -0.05) is 211 Å². The van der Waals surface area contributed by atoms with E-state index in [1.165, 1.54) is 167 Å². The highest BCUT2D eigenvalue weighted by Gasteiger charge is 2.19. The molecule has 0 fully saturated rings. The number of esters is 3. The highest BCUT2D eigenvalue weighted by Crippen LogP contribution is 2.15. The minimum atomic E-state index is -0.790. The number of ether oxygens (including phenoxy) is 3. The van der Waals surface area contributed by atoms with Crippen molar-refractivity contribution in [2.75, 3.05) is 13.2 Å². The van der Waals surface area contributed by atoms with Crippen LogP contribution in [0.3, 0.4) is 0 Å². The number of allylic oxidation sites excluding steroid dienone is 6. The highest BCUT2D eigenvalue weighted by molar-refractivity contribution is 5.71. The maximum Gasteiger partial charge on any atom is 0.306 e. The van der Waals surface area contributed by atoms with Gasteiger partial charge in [0.1, 0.15) is 13.2 Å². The van der Waals surface area contributed by atoms with Crippen LogP contribution in [0.15, 0.2) is 36.5 Å². The largest absolute Gasteiger partial charge is 0.462 e. The van der Waals surface area contributed by atoms with Crippen LogP contribution in [0.25, 0.3) is 0 Å². The molecular weight excluding hydrogens is 781 g/mol. The van der Waals surface area contributed by atoms with Crippen LogP contribution in [0.2, 0.25) is 0 Å². The molecule has 0 aliphatic rings. The van der Waals surface area contributed by atoms with E-state index in [0.717, 1.165) is 83.5 Å². The van der Waals surface area contributed by atoms with Crippen LogP contribution in [0.1, 0.15) is 290 Å². The molecule has 63 heavy (non-hydrogen) atoms. The first-order chi connectivity index (χ1) is 31.0. The Kier molecular flexibility index (Phi) is 50.3. The highest BCUT2D eigenvalue weighted by atomic mass is 16.6. The average molecular weight is 885 g/mol. The first-order valence-corrected chi connectivity index (χ1v) is 27.5. The lowest BCUT2D eigenvalue weighted by Crippen LogP contribution is -2.30. The lowest BCUT2D eigenvalue weighted by atomic mass is 10.1. The van der Waals surface area contributed by atoms with Gasteiger partial charge in [-0.25, -0.2) is 0 Å². The first kappa shape index (κ1) is 60.6. The zero-order valence-corrected chi connectivity index (χ0v) is 42.1. The third-order valence-electron chi connectivity index (χ3n) is 12.1. The molecule has 0 aromatic carbocycles. The fourth-order valence-electron chi connectivity index (χ4n) is 7.90. The van der Waals surface area contributed by atoms with Crippen LogP contribution in [0, 0.1) is 0 Å². The van der Waals surface area contributed by atoms with Crippen molar-refractivity contribution in [1.29, 1.82) is 0 Å². The number of carbonyl (C=O) groups excluding carboxylic acids is 3. The third-order valence-corrected chi connectivity index (χ3v) is 12.1. The van der Waals surface area contributed by atoms with E-state index < -0.39 is 6.10 Å². The molecule has 0 rings (SSSR count). The standard InChI is InChI=1S/C57H104O6/c1-4-7-10-13-16-19-22-25-28-31-34-37-40-43-46-49-55(58)61-52-54(63-57(60)51-48-45-42-39-36-33-30-27-24-21-18-15-12-9-6-3)53-62-56(59)50-47-44-41-38-35-32-29-26-23-20-17-14-11-8-5-2/h27,30,34-35,37-38,54H,4-26,28-29,31-33,36,39-53H2,1-3H3/b30-27-,37-34-,38-35-. The van der Waals surface area contributed by atoms with Crippen LogP contribution in [-0.2, 0) is 28.6 Å². The molecule has 0 saturated heterocycles. The lowest BCUT2D eigenvalue weighted by Gasteiger charge is -2.18. The lowest BCUT2D eigenvalue weighted by molar-refractivity contribution is -0.167. The summed E-state index contributed by atoms with van der Waals surface area (Å²) in [6.07, 6.45) is 61.3. The van der Waals surface area contributed by atoms with Crippen molar-refractivity contribution in [3.63, 3.8) is 0 Å². The summed E-state index contributed by atoms with van der Waals surface area (Å²) in [5.41, 5.74) is 0. The Morgan fingerprint density at radius 3 is 0.825 bits per heavy atom. The second kappa shape index (κ2) is 52.3. The normalized spacial score (nSPS) is 11.8. The number of hydrogen-bond acceptors (Lipinski definition) is 6. The van der Waals surface area contributed by atoms with Crippen molar-refractivity contribution < 1.29 is 28.6 Å². The summed E-state index contributed by atoms with van der Waals surface area (Å²) in [6.45, 7) is 6.62. The predicted octanol–water partition coefficient (Wildman–Crippen LogP) is 18.1. The van der Waals surface area contributed by atoms with Gasteiger partial charge in [0.05, 0.1) is 0 Å². The molecule has 0 amide bonds. The number of rotatable bonds is 50. The second-order valence-electron chi connectivity index (χ2n) is 18.5. The molecule has 0 aliphatic heterocycles. The third kappa shape index (κ3) is 50.5. The molecule has 6 heteroatoms. The SMILES string of the molecule is CCCCCCCC/C=C\CCCCCCCC(=O)OC(COC(=O)CCCC/C=C\CCCCCCCCCCC)COC(=O)CCCC/C=C\CCCCCCCCCCC. The van der Waals surface area contributed by atoms with Gasteiger partial charge in [0.15, 0.2) is 6.10 Å². The van der Waals surface area contributed by atoms with Gasteiger partial charge in [-0.15, -0.1) is 0 Å². The molecule has 0 unspecified atom stereocenters. The van der Waals surface area contributed by atoms with Gasteiger partial charge in [-0.2, -0.15) is 0 Å².